The standard InChI is InChI=1S/C26H22N4O3/c31-24(19-9-3-1-4-10-19)28-15-17-29(18-16-28)26(33)23-21-13-7-8-14-22(21)25(32)30(27-23)20-11-5-2-6-12-20/h1-14H,15-18H2. The van der Waals surface area contributed by atoms with E-state index in [9.17, 15) is 14.4 Å². The summed E-state index contributed by atoms with van der Waals surface area (Å²) in [4.78, 5) is 42.8. The summed E-state index contributed by atoms with van der Waals surface area (Å²) in [6.45, 7) is 1.68. The lowest BCUT2D eigenvalue weighted by atomic mass is 10.1. The minimum absolute atomic E-state index is 0.0381. The van der Waals surface area contributed by atoms with E-state index >= 15 is 0 Å². The van der Waals surface area contributed by atoms with E-state index < -0.39 is 0 Å². The van der Waals surface area contributed by atoms with E-state index in [1.165, 1.54) is 4.68 Å². The maximum atomic E-state index is 13.5. The molecular weight excluding hydrogens is 416 g/mol. The molecule has 0 bridgehead atoms. The molecule has 3 aromatic carbocycles. The van der Waals surface area contributed by atoms with Crippen LogP contribution in [-0.2, 0) is 0 Å². The third kappa shape index (κ3) is 3.89. The van der Waals surface area contributed by atoms with Crippen LogP contribution in [0, 0.1) is 0 Å². The van der Waals surface area contributed by atoms with Gasteiger partial charge in [0.25, 0.3) is 17.4 Å². The zero-order chi connectivity index (χ0) is 22.8. The van der Waals surface area contributed by atoms with E-state index in [2.05, 4.69) is 5.10 Å². The molecule has 1 aliphatic heterocycles. The molecule has 4 aromatic rings. The Morgan fingerprint density at radius 2 is 1.15 bits per heavy atom. The monoisotopic (exact) mass is 438 g/mol. The summed E-state index contributed by atoms with van der Waals surface area (Å²) in [5.41, 5.74) is 1.20. The van der Waals surface area contributed by atoms with Gasteiger partial charge in [0.15, 0.2) is 5.69 Å². The highest BCUT2D eigenvalue weighted by molar-refractivity contribution is 6.05. The van der Waals surface area contributed by atoms with E-state index in [0.717, 1.165) is 0 Å². The maximum absolute atomic E-state index is 13.5. The number of amides is 2. The minimum Gasteiger partial charge on any atom is -0.335 e. The lowest BCUT2D eigenvalue weighted by molar-refractivity contribution is 0.0532. The van der Waals surface area contributed by atoms with Gasteiger partial charge in [-0.15, -0.1) is 0 Å². The Balaban J connectivity index is 1.44. The van der Waals surface area contributed by atoms with Gasteiger partial charge in [0.1, 0.15) is 0 Å². The molecule has 1 saturated heterocycles. The van der Waals surface area contributed by atoms with Crippen LogP contribution in [0.1, 0.15) is 20.8 Å². The van der Waals surface area contributed by atoms with Crippen LogP contribution in [0.5, 0.6) is 0 Å². The second-order valence-electron chi connectivity index (χ2n) is 7.90. The second-order valence-corrected chi connectivity index (χ2v) is 7.90. The predicted molar refractivity (Wildman–Crippen MR) is 126 cm³/mol. The highest BCUT2D eigenvalue weighted by Gasteiger charge is 2.28. The molecule has 0 radical (unpaired) electrons. The molecule has 2 heterocycles. The van der Waals surface area contributed by atoms with Crippen molar-refractivity contribution in [1.82, 2.24) is 19.6 Å². The lowest BCUT2D eigenvalue weighted by Crippen LogP contribution is -2.51. The number of nitrogens with zero attached hydrogens (tertiary/aromatic N) is 4. The van der Waals surface area contributed by atoms with Gasteiger partial charge in [-0.3, -0.25) is 14.4 Å². The molecule has 0 unspecified atom stereocenters. The SMILES string of the molecule is O=C(c1ccccc1)N1CCN(C(=O)c2nn(-c3ccccc3)c(=O)c3ccccc23)CC1. The van der Waals surface area contributed by atoms with Crippen molar-refractivity contribution in [3.05, 3.63) is 107 Å². The number of para-hydroxylation sites is 1. The van der Waals surface area contributed by atoms with Crippen molar-refractivity contribution in [3.8, 4) is 5.69 Å². The van der Waals surface area contributed by atoms with Crippen LogP contribution < -0.4 is 5.56 Å². The van der Waals surface area contributed by atoms with E-state index in [-0.39, 0.29) is 23.1 Å². The highest BCUT2D eigenvalue weighted by Crippen LogP contribution is 2.18. The number of piperazine rings is 1. The zero-order valence-corrected chi connectivity index (χ0v) is 17.9. The number of fused-ring (bicyclic) bond motifs is 1. The molecule has 5 rings (SSSR count). The second kappa shape index (κ2) is 8.70. The van der Waals surface area contributed by atoms with Crippen LogP contribution in [0.15, 0.2) is 89.7 Å². The topological polar surface area (TPSA) is 75.5 Å². The smallest absolute Gasteiger partial charge is 0.279 e. The van der Waals surface area contributed by atoms with Crippen molar-refractivity contribution in [2.75, 3.05) is 26.2 Å². The van der Waals surface area contributed by atoms with Crippen LogP contribution in [0.25, 0.3) is 16.5 Å². The summed E-state index contributed by atoms with van der Waals surface area (Å²) >= 11 is 0. The first-order chi connectivity index (χ1) is 16.1. The largest absolute Gasteiger partial charge is 0.335 e. The quantitative estimate of drug-likeness (QED) is 0.493. The van der Waals surface area contributed by atoms with Gasteiger partial charge in [-0.05, 0) is 30.3 Å². The van der Waals surface area contributed by atoms with Gasteiger partial charge in [-0.2, -0.15) is 9.78 Å². The number of rotatable bonds is 3. The van der Waals surface area contributed by atoms with Crippen molar-refractivity contribution in [3.63, 3.8) is 0 Å². The van der Waals surface area contributed by atoms with Crippen molar-refractivity contribution in [2.45, 2.75) is 0 Å². The van der Waals surface area contributed by atoms with Gasteiger partial charge in [0.05, 0.1) is 11.1 Å². The molecule has 0 N–H and O–H groups in total. The molecule has 0 atom stereocenters. The van der Waals surface area contributed by atoms with Gasteiger partial charge < -0.3 is 9.80 Å². The van der Waals surface area contributed by atoms with Crippen LogP contribution in [0.4, 0.5) is 0 Å². The number of benzene rings is 3. The van der Waals surface area contributed by atoms with Gasteiger partial charge >= 0.3 is 0 Å². The summed E-state index contributed by atoms with van der Waals surface area (Å²) < 4.78 is 1.28. The van der Waals surface area contributed by atoms with Crippen LogP contribution in [0.3, 0.4) is 0 Å². The van der Waals surface area contributed by atoms with E-state index in [1.54, 1.807) is 58.3 Å². The minimum atomic E-state index is -0.272. The summed E-state index contributed by atoms with van der Waals surface area (Å²) in [7, 11) is 0. The molecule has 0 aliphatic carbocycles. The Labute approximate surface area is 190 Å². The average Bonchev–Trinajstić information content (AvgIpc) is 2.89. The normalized spacial score (nSPS) is 13.8. The number of carbonyl (C=O) groups is 2. The molecule has 1 fully saturated rings. The van der Waals surface area contributed by atoms with Crippen molar-refractivity contribution in [2.24, 2.45) is 0 Å². The molecule has 2 amide bonds. The molecule has 33 heavy (non-hydrogen) atoms. The summed E-state index contributed by atoms with van der Waals surface area (Å²) in [6.07, 6.45) is 0. The fraction of sp³-hybridized carbons (Fsp3) is 0.154. The third-order valence-corrected chi connectivity index (χ3v) is 5.88. The molecule has 7 nitrogen and oxygen atoms in total. The first-order valence-electron chi connectivity index (χ1n) is 10.8. The molecule has 164 valence electrons. The number of carbonyl (C=O) groups excluding carboxylic acids is 2. The Bertz CT molecular complexity index is 1380. The van der Waals surface area contributed by atoms with Crippen molar-refractivity contribution in [1.29, 1.82) is 0 Å². The predicted octanol–water partition coefficient (Wildman–Crippen LogP) is 2.98. The molecule has 7 heteroatoms. The Hall–Kier alpha value is -4.26. The van der Waals surface area contributed by atoms with Crippen LogP contribution in [0.2, 0.25) is 0 Å². The van der Waals surface area contributed by atoms with Gasteiger partial charge in [0.2, 0.25) is 0 Å². The van der Waals surface area contributed by atoms with Gasteiger partial charge in [-0.1, -0.05) is 54.6 Å². The summed E-state index contributed by atoms with van der Waals surface area (Å²) in [5, 5.41) is 5.45. The Morgan fingerprint density at radius 3 is 1.79 bits per heavy atom. The van der Waals surface area contributed by atoms with Gasteiger partial charge in [0, 0.05) is 37.1 Å². The highest BCUT2D eigenvalue weighted by atomic mass is 16.2. The van der Waals surface area contributed by atoms with Crippen LogP contribution in [-0.4, -0.2) is 57.6 Å². The fourth-order valence-electron chi connectivity index (χ4n) is 4.12. The van der Waals surface area contributed by atoms with E-state index in [0.29, 0.717) is 48.2 Å². The maximum Gasteiger partial charge on any atom is 0.279 e. The van der Waals surface area contributed by atoms with Crippen LogP contribution >= 0.6 is 0 Å². The molecule has 1 aliphatic rings. The van der Waals surface area contributed by atoms with E-state index in [1.807, 2.05) is 36.4 Å². The summed E-state index contributed by atoms with van der Waals surface area (Å²) in [5.74, 6) is -0.286. The molecule has 0 saturated carbocycles. The number of aromatic nitrogens is 2. The number of hydrogen-bond donors (Lipinski definition) is 0. The molecule has 1 aromatic heterocycles. The fourth-order valence-corrected chi connectivity index (χ4v) is 4.12. The lowest BCUT2D eigenvalue weighted by Gasteiger charge is -2.34. The van der Waals surface area contributed by atoms with Crippen molar-refractivity contribution < 1.29 is 9.59 Å². The summed E-state index contributed by atoms with van der Waals surface area (Å²) in [6, 6.07) is 25.3. The number of hydrogen-bond acceptors (Lipinski definition) is 4. The first kappa shape index (κ1) is 20.6. The molecular formula is C26H22N4O3. The first-order valence-corrected chi connectivity index (χ1v) is 10.8. The van der Waals surface area contributed by atoms with Crippen molar-refractivity contribution >= 4 is 22.6 Å². The zero-order valence-electron chi connectivity index (χ0n) is 17.9. The molecule has 0 spiro atoms. The Morgan fingerprint density at radius 1 is 0.636 bits per heavy atom. The van der Waals surface area contributed by atoms with Gasteiger partial charge in [-0.25, -0.2) is 0 Å². The third-order valence-electron chi connectivity index (χ3n) is 5.88. The van der Waals surface area contributed by atoms with E-state index in [4.69, 9.17) is 0 Å². The average molecular weight is 438 g/mol. The Kier molecular flexibility index (Phi) is 5.44.